The van der Waals surface area contributed by atoms with Gasteiger partial charge in [-0.15, -0.1) is 0 Å². The Morgan fingerprint density at radius 1 is 1.47 bits per heavy atom. The average molecular weight is 327 g/mol. The number of hydrogen-bond acceptors (Lipinski definition) is 4. The average Bonchev–Trinajstić information content (AvgIpc) is 2.18. The molecule has 0 aliphatic heterocycles. The van der Waals surface area contributed by atoms with Gasteiger partial charge in [0.2, 0.25) is 0 Å². The molecule has 0 N–H and O–H groups in total. The number of nitriles is 1. The minimum atomic E-state index is -4.76. The van der Waals surface area contributed by atoms with E-state index in [4.69, 9.17) is 5.26 Å². The van der Waals surface area contributed by atoms with Gasteiger partial charge in [-0.25, -0.2) is 0 Å². The Kier molecular flexibility index (Phi) is 4.00. The van der Waals surface area contributed by atoms with Crippen LogP contribution in [0.4, 0.5) is 18.9 Å². The van der Waals surface area contributed by atoms with E-state index >= 15 is 0 Å². The monoisotopic (exact) mass is 326 g/mol. The summed E-state index contributed by atoms with van der Waals surface area (Å²) in [6, 6.07) is 1.33. The SMILES string of the molecule is N#CSc1c(Br)cc([N+](=O)[O-])cc1C(F)(F)F. The standard InChI is InChI=1S/C8H2BrF3N2O2S/c9-6-2-4(14(15)16)1-5(8(10,11)12)7(6)17-3-13/h1-2H. The van der Waals surface area contributed by atoms with Gasteiger partial charge in [0.05, 0.1) is 10.5 Å². The van der Waals surface area contributed by atoms with Gasteiger partial charge in [-0.2, -0.15) is 18.4 Å². The summed E-state index contributed by atoms with van der Waals surface area (Å²) in [5.74, 6) is 0. The molecule has 0 atom stereocenters. The van der Waals surface area contributed by atoms with E-state index in [1.165, 1.54) is 5.40 Å². The molecule has 0 amide bonds. The maximum absolute atomic E-state index is 12.6. The van der Waals surface area contributed by atoms with Crippen molar-refractivity contribution in [1.82, 2.24) is 0 Å². The quantitative estimate of drug-likeness (QED) is 0.357. The van der Waals surface area contributed by atoms with Crippen LogP contribution in [0.2, 0.25) is 0 Å². The van der Waals surface area contributed by atoms with E-state index in [2.05, 4.69) is 15.9 Å². The van der Waals surface area contributed by atoms with E-state index in [-0.39, 0.29) is 9.37 Å². The molecule has 17 heavy (non-hydrogen) atoms. The third kappa shape index (κ3) is 3.10. The van der Waals surface area contributed by atoms with Crippen molar-refractivity contribution in [3.05, 3.63) is 32.3 Å². The van der Waals surface area contributed by atoms with Crippen LogP contribution in [0.25, 0.3) is 0 Å². The minimum absolute atomic E-state index is 0.134. The number of nitro groups is 1. The smallest absolute Gasteiger partial charge is 0.258 e. The molecule has 0 radical (unpaired) electrons. The molecule has 0 heterocycles. The van der Waals surface area contributed by atoms with E-state index in [0.717, 1.165) is 6.07 Å². The molecule has 0 aliphatic carbocycles. The second-order valence-electron chi connectivity index (χ2n) is 2.75. The molecule has 0 aromatic heterocycles. The highest BCUT2D eigenvalue weighted by atomic mass is 79.9. The van der Waals surface area contributed by atoms with Gasteiger partial charge < -0.3 is 0 Å². The van der Waals surface area contributed by atoms with E-state index in [9.17, 15) is 23.3 Å². The maximum atomic E-state index is 12.6. The van der Waals surface area contributed by atoms with Crippen LogP contribution >= 0.6 is 27.7 Å². The molecule has 1 aromatic rings. The Bertz CT molecular complexity index is 513. The van der Waals surface area contributed by atoms with Crippen LogP contribution in [-0.4, -0.2) is 4.92 Å². The van der Waals surface area contributed by atoms with Crippen LogP contribution in [-0.2, 0) is 6.18 Å². The van der Waals surface area contributed by atoms with Gasteiger partial charge in [0, 0.05) is 21.5 Å². The predicted molar refractivity (Wildman–Crippen MR) is 57.3 cm³/mol. The normalized spacial score (nSPS) is 11.0. The van der Waals surface area contributed by atoms with E-state index in [0.29, 0.717) is 17.8 Å². The number of rotatable bonds is 2. The van der Waals surface area contributed by atoms with Gasteiger partial charge in [0.1, 0.15) is 5.40 Å². The van der Waals surface area contributed by atoms with Gasteiger partial charge in [-0.3, -0.25) is 10.1 Å². The molecular formula is C8H2BrF3N2O2S. The number of nitrogens with zero attached hydrogens (tertiary/aromatic N) is 2. The highest BCUT2D eigenvalue weighted by Gasteiger charge is 2.36. The van der Waals surface area contributed by atoms with Gasteiger partial charge in [0.15, 0.2) is 0 Å². The Morgan fingerprint density at radius 3 is 2.47 bits per heavy atom. The van der Waals surface area contributed by atoms with Crippen molar-refractivity contribution in [1.29, 1.82) is 5.26 Å². The molecular weight excluding hydrogens is 325 g/mol. The van der Waals surface area contributed by atoms with Crippen molar-refractivity contribution in [2.45, 2.75) is 11.1 Å². The first kappa shape index (κ1) is 13.8. The number of nitro benzene ring substituents is 1. The lowest BCUT2D eigenvalue weighted by Gasteiger charge is -2.11. The van der Waals surface area contributed by atoms with Crippen molar-refractivity contribution >= 4 is 33.4 Å². The molecule has 0 bridgehead atoms. The number of halogens is 4. The molecule has 0 fully saturated rings. The summed E-state index contributed by atoms with van der Waals surface area (Å²) in [5, 5.41) is 20.4. The first-order valence-corrected chi connectivity index (χ1v) is 5.49. The van der Waals surface area contributed by atoms with Gasteiger partial charge in [0.25, 0.3) is 5.69 Å². The fourth-order valence-corrected chi connectivity index (χ4v) is 2.27. The molecule has 0 unspecified atom stereocenters. The lowest BCUT2D eigenvalue weighted by Crippen LogP contribution is -2.08. The Hall–Kier alpha value is -1.27. The lowest BCUT2D eigenvalue weighted by atomic mass is 10.2. The highest BCUT2D eigenvalue weighted by Crippen LogP contribution is 2.42. The molecule has 4 nitrogen and oxygen atoms in total. The molecule has 0 saturated carbocycles. The molecule has 0 saturated heterocycles. The largest absolute Gasteiger partial charge is 0.417 e. The predicted octanol–water partition coefficient (Wildman–Crippen LogP) is 3.95. The number of benzene rings is 1. The van der Waals surface area contributed by atoms with Crippen LogP contribution in [0, 0.1) is 20.8 Å². The van der Waals surface area contributed by atoms with Crippen molar-refractivity contribution in [3.63, 3.8) is 0 Å². The highest BCUT2D eigenvalue weighted by molar-refractivity contribution is 9.10. The van der Waals surface area contributed by atoms with Crippen molar-refractivity contribution < 1.29 is 18.1 Å². The van der Waals surface area contributed by atoms with E-state index in [1.54, 1.807) is 0 Å². The second kappa shape index (κ2) is 4.93. The fourth-order valence-electron chi connectivity index (χ4n) is 1.04. The first-order valence-electron chi connectivity index (χ1n) is 3.88. The van der Waals surface area contributed by atoms with Crippen LogP contribution in [0.5, 0.6) is 0 Å². The lowest BCUT2D eigenvalue weighted by molar-refractivity contribution is -0.385. The van der Waals surface area contributed by atoms with Crippen molar-refractivity contribution in [2.24, 2.45) is 0 Å². The first-order chi connectivity index (χ1) is 7.77. The zero-order chi connectivity index (χ0) is 13.2. The Balaban J connectivity index is 3.51. The van der Waals surface area contributed by atoms with E-state index < -0.39 is 22.4 Å². The van der Waals surface area contributed by atoms with Crippen LogP contribution in [0.3, 0.4) is 0 Å². The van der Waals surface area contributed by atoms with Gasteiger partial charge in [-0.05, 0) is 27.7 Å². The van der Waals surface area contributed by atoms with Gasteiger partial charge in [-0.1, -0.05) is 0 Å². The summed E-state index contributed by atoms with van der Waals surface area (Å²) >= 11 is 3.08. The number of alkyl halides is 3. The summed E-state index contributed by atoms with van der Waals surface area (Å²) in [7, 11) is 0. The maximum Gasteiger partial charge on any atom is 0.417 e. The number of non-ortho nitro benzene ring substituents is 1. The number of thiocyanates is 1. The molecule has 1 rings (SSSR count). The van der Waals surface area contributed by atoms with Crippen molar-refractivity contribution in [3.8, 4) is 5.40 Å². The van der Waals surface area contributed by atoms with E-state index in [1.807, 2.05) is 0 Å². The zero-order valence-electron chi connectivity index (χ0n) is 7.79. The summed E-state index contributed by atoms with van der Waals surface area (Å²) in [6.07, 6.45) is -4.76. The summed E-state index contributed by atoms with van der Waals surface area (Å²) in [4.78, 5) is 9.13. The molecule has 90 valence electrons. The van der Waals surface area contributed by atoms with Crippen LogP contribution < -0.4 is 0 Å². The molecule has 9 heteroatoms. The van der Waals surface area contributed by atoms with Gasteiger partial charge >= 0.3 is 6.18 Å². The fraction of sp³-hybridized carbons (Fsp3) is 0.125. The molecule has 1 aromatic carbocycles. The van der Waals surface area contributed by atoms with Crippen LogP contribution in [0.15, 0.2) is 21.5 Å². The Labute approximate surface area is 106 Å². The topological polar surface area (TPSA) is 66.9 Å². The third-order valence-corrected chi connectivity index (χ3v) is 3.32. The summed E-state index contributed by atoms with van der Waals surface area (Å²) in [5.41, 5.74) is -1.89. The van der Waals surface area contributed by atoms with Crippen molar-refractivity contribution in [2.75, 3.05) is 0 Å². The minimum Gasteiger partial charge on any atom is -0.258 e. The number of hydrogen-bond donors (Lipinski definition) is 0. The number of thioether (sulfide) groups is 1. The molecule has 0 spiro atoms. The third-order valence-electron chi connectivity index (χ3n) is 1.69. The summed E-state index contributed by atoms with van der Waals surface area (Å²) < 4.78 is 37.8. The second-order valence-corrected chi connectivity index (χ2v) is 4.40. The zero-order valence-corrected chi connectivity index (χ0v) is 10.2. The van der Waals surface area contributed by atoms with Crippen LogP contribution in [0.1, 0.15) is 5.56 Å². The summed E-state index contributed by atoms with van der Waals surface area (Å²) in [6.45, 7) is 0. The molecule has 0 aliphatic rings. The Morgan fingerprint density at radius 2 is 2.06 bits per heavy atom.